The van der Waals surface area contributed by atoms with E-state index in [9.17, 15) is 0 Å². The number of fused-ring (bicyclic) bond motifs is 1. The van der Waals surface area contributed by atoms with Crippen molar-refractivity contribution in [3.8, 4) is 0 Å². The van der Waals surface area contributed by atoms with E-state index in [0.29, 0.717) is 0 Å². The summed E-state index contributed by atoms with van der Waals surface area (Å²) in [4.78, 5) is 14.1. The molecule has 126 valence electrons. The van der Waals surface area contributed by atoms with Gasteiger partial charge in [-0.3, -0.25) is 0 Å². The fraction of sp³-hybridized carbons (Fsp3) is 0.625. The Labute approximate surface area is 146 Å². The van der Waals surface area contributed by atoms with Crippen LogP contribution in [0.5, 0.6) is 0 Å². The Kier molecular flexibility index (Phi) is 5.91. The molecule has 0 aromatic carbocycles. The summed E-state index contributed by atoms with van der Waals surface area (Å²) in [5.74, 6) is 2.60. The number of hydrogen-bond acceptors (Lipinski definition) is 6. The van der Waals surface area contributed by atoms with Crippen LogP contribution in [0.4, 0.5) is 11.8 Å². The summed E-state index contributed by atoms with van der Waals surface area (Å²) in [6, 6.07) is 2.08. The third kappa shape index (κ3) is 4.05. The molecule has 0 amide bonds. The maximum atomic E-state index is 5.74. The summed E-state index contributed by atoms with van der Waals surface area (Å²) >= 11 is 7.45. The molecule has 0 unspecified atom stereocenters. The van der Waals surface area contributed by atoms with Crippen LogP contribution < -0.4 is 9.80 Å². The molecule has 5 nitrogen and oxygen atoms in total. The molecule has 1 saturated heterocycles. The van der Waals surface area contributed by atoms with Gasteiger partial charge in [0, 0.05) is 32.6 Å². The molecule has 23 heavy (non-hydrogen) atoms. The average molecular weight is 355 g/mol. The lowest BCUT2D eigenvalue weighted by atomic mass is 10.2. The highest BCUT2D eigenvalue weighted by atomic mass is 35.5. The van der Waals surface area contributed by atoms with Gasteiger partial charge in [-0.2, -0.15) is 4.98 Å². The van der Waals surface area contributed by atoms with Gasteiger partial charge in [-0.15, -0.1) is 22.9 Å². The highest BCUT2D eigenvalue weighted by molar-refractivity contribution is 7.17. The zero-order valence-corrected chi connectivity index (χ0v) is 15.1. The van der Waals surface area contributed by atoms with Crippen LogP contribution in [0.25, 0.3) is 10.2 Å². The number of hydrogen-bond donors (Lipinski definition) is 0. The number of aromatic nitrogens is 2. The van der Waals surface area contributed by atoms with E-state index in [1.807, 2.05) is 0 Å². The molecule has 0 N–H and O–H groups in total. The number of ether oxygens (including phenoxy) is 1. The molecule has 3 heterocycles. The molecule has 1 aliphatic rings. The monoisotopic (exact) mass is 354 g/mol. The topological polar surface area (TPSA) is 41.5 Å². The van der Waals surface area contributed by atoms with E-state index in [1.165, 1.54) is 4.70 Å². The van der Waals surface area contributed by atoms with Crippen molar-refractivity contribution in [2.24, 2.45) is 0 Å². The molecule has 0 spiro atoms. The second-order valence-corrected chi connectivity index (χ2v) is 7.05. The first-order chi connectivity index (χ1) is 11.3. The number of anilines is 2. The van der Waals surface area contributed by atoms with Crippen molar-refractivity contribution < 1.29 is 4.74 Å². The first-order valence-electron chi connectivity index (χ1n) is 8.14. The van der Waals surface area contributed by atoms with E-state index in [1.54, 1.807) is 11.3 Å². The number of morpholine rings is 1. The second-order valence-electron chi connectivity index (χ2n) is 5.75. The van der Waals surface area contributed by atoms with E-state index < -0.39 is 0 Å². The Morgan fingerprint density at radius 2 is 2.09 bits per heavy atom. The summed E-state index contributed by atoms with van der Waals surface area (Å²) in [5, 5.41) is 2.09. The molecule has 0 aliphatic carbocycles. The Hall–Kier alpha value is -1.11. The first-order valence-corrected chi connectivity index (χ1v) is 9.56. The Morgan fingerprint density at radius 3 is 2.87 bits per heavy atom. The van der Waals surface area contributed by atoms with Crippen molar-refractivity contribution in [1.29, 1.82) is 0 Å². The van der Waals surface area contributed by atoms with Gasteiger partial charge in [-0.1, -0.05) is 6.42 Å². The predicted molar refractivity (Wildman–Crippen MR) is 98.3 cm³/mol. The van der Waals surface area contributed by atoms with Crippen LogP contribution in [0.15, 0.2) is 11.4 Å². The smallest absolute Gasteiger partial charge is 0.227 e. The number of unbranched alkanes of at least 4 members (excludes halogenated alkanes) is 2. The minimum absolute atomic E-state index is 0.738. The molecule has 1 fully saturated rings. The molecule has 3 rings (SSSR count). The van der Waals surface area contributed by atoms with Gasteiger partial charge in [-0.05, 0) is 24.3 Å². The molecule has 1 aliphatic heterocycles. The maximum absolute atomic E-state index is 5.74. The highest BCUT2D eigenvalue weighted by Gasteiger charge is 2.19. The van der Waals surface area contributed by atoms with E-state index in [2.05, 4.69) is 28.3 Å². The van der Waals surface area contributed by atoms with E-state index in [0.717, 1.165) is 75.3 Å². The molecular weight excluding hydrogens is 332 g/mol. The van der Waals surface area contributed by atoms with Crippen LogP contribution in [0, 0.1) is 0 Å². The van der Waals surface area contributed by atoms with Gasteiger partial charge in [0.15, 0.2) is 5.82 Å². The number of thiophene rings is 1. The summed E-state index contributed by atoms with van der Waals surface area (Å²) in [6.07, 6.45) is 3.32. The van der Waals surface area contributed by atoms with Crippen molar-refractivity contribution in [3.63, 3.8) is 0 Å². The van der Waals surface area contributed by atoms with Crippen LogP contribution >= 0.6 is 22.9 Å². The zero-order chi connectivity index (χ0) is 16.1. The van der Waals surface area contributed by atoms with Crippen molar-refractivity contribution in [1.82, 2.24) is 9.97 Å². The summed E-state index contributed by atoms with van der Waals surface area (Å²) in [5.41, 5.74) is 1.04. The van der Waals surface area contributed by atoms with Gasteiger partial charge in [0.2, 0.25) is 5.95 Å². The number of nitrogens with zero attached hydrogens (tertiary/aromatic N) is 4. The lowest BCUT2D eigenvalue weighted by molar-refractivity contribution is 0.122. The predicted octanol–water partition coefficient (Wildman–Crippen LogP) is 3.37. The fourth-order valence-electron chi connectivity index (χ4n) is 2.72. The van der Waals surface area contributed by atoms with Crippen LogP contribution in [0.2, 0.25) is 0 Å². The largest absolute Gasteiger partial charge is 0.378 e. The normalized spacial score (nSPS) is 15.3. The minimum atomic E-state index is 0.738. The number of halogens is 1. The van der Waals surface area contributed by atoms with Crippen LogP contribution in [0.1, 0.15) is 19.3 Å². The molecule has 7 heteroatoms. The van der Waals surface area contributed by atoms with Crippen LogP contribution in [-0.2, 0) is 4.74 Å². The molecule has 2 aromatic heterocycles. The number of rotatable bonds is 7. The average Bonchev–Trinajstić information content (AvgIpc) is 3.07. The molecular formula is C16H23ClN4OS. The molecule has 0 saturated carbocycles. The van der Waals surface area contributed by atoms with E-state index in [4.69, 9.17) is 26.3 Å². The SMILES string of the molecule is CN(CCCCCCl)c1nc(N2CCOCC2)c2sccc2n1. The van der Waals surface area contributed by atoms with Crippen LogP contribution in [-0.4, -0.2) is 55.7 Å². The summed E-state index contributed by atoms with van der Waals surface area (Å²) in [6.45, 7) is 4.27. The van der Waals surface area contributed by atoms with Crippen molar-refractivity contribution >= 4 is 44.9 Å². The van der Waals surface area contributed by atoms with Gasteiger partial charge >= 0.3 is 0 Å². The van der Waals surface area contributed by atoms with Crippen LogP contribution in [0.3, 0.4) is 0 Å². The van der Waals surface area contributed by atoms with Crippen molar-refractivity contribution in [2.75, 3.05) is 55.6 Å². The molecule has 0 atom stereocenters. The van der Waals surface area contributed by atoms with Gasteiger partial charge < -0.3 is 14.5 Å². The third-order valence-corrected chi connectivity index (χ3v) is 5.22. The molecule has 0 radical (unpaired) electrons. The highest BCUT2D eigenvalue weighted by Crippen LogP contribution is 2.31. The number of alkyl halides is 1. The van der Waals surface area contributed by atoms with E-state index in [-0.39, 0.29) is 0 Å². The van der Waals surface area contributed by atoms with Crippen molar-refractivity contribution in [2.45, 2.75) is 19.3 Å². The standard InChI is InChI=1S/C16H23ClN4OS/c1-20(7-4-2-3-6-17)16-18-13-5-12-23-14(13)15(19-16)21-8-10-22-11-9-21/h5,12H,2-4,6-11H2,1H3. The maximum Gasteiger partial charge on any atom is 0.227 e. The first kappa shape index (κ1) is 16.7. The van der Waals surface area contributed by atoms with Gasteiger partial charge in [0.1, 0.15) is 0 Å². The summed E-state index contributed by atoms with van der Waals surface area (Å²) < 4.78 is 6.64. The minimum Gasteiger partial charge on any atom is -0.378 e. The molecule has 0 bridgehead atoms. The molecule has 2 aromatic rings. The van der Waals surface area contributed by atoms with E-state index >= 15 is 0 Å². The Bertz CT molecular complexity index is 630. The second kappa shape index (κ2) is 8.13. The van der Waals surface area contributed by atoms with Crippen molar-refractivity contribution in [3.05, 3.63) is 11.4 Å². The van der Waals surface area contributed by atoms with Gasteiger partial charge in [0.25, 0.3) is 0 Å². The zero-order valence-electron chi connectivity index (χ0n) is 13.5. The Morgan fingerprint density at radius 1 is 1.26 bits per heavy atom. The lowest BCUT2D eigenvalue weighted by Crippen LogP contribution is -2.37. The van der Waals surface area contributed by atoms with Gasteiger partial charge in [0.05, 0.1) is 23.4 Å². The third-order valence-electron chi connectivity index (χ3n) is 4.05. The lowest BCUT2D eigenvalue weighted by Gasteiger charge is -2.29. The van der Waals surface area contributed by atoms with Gasteiger partial charge in [-0.25, -0.2) is 4.98 Å². The summed E-state index contributed by atoms with van der Waals surface area (Å²) in [7, 11) is 2.07. The fourth-order valence-corrected chi connectivity index (χ4v) is 3.75. The quantitative estimate of drug-likeness (QED) is 0.563. The Balaban J connectivity index is 1.80.